The maximum absolute atomic E-state index is 12.7. The number of carbonyl (C=O) groups excluding carboxylic acids is 1. The standard InChI is InChI=1S/C19H24N4O/c1-21-14-16(13-20-21)17-7-4-10-22(17)11-9-19(24)23-12-8-15-5-2-3-6-18(15)23/h2-3,5-6,13-14,17H,4,7-12H2,1H3/t17-/m0/s1. The van der Waals surface area contributed by atoms with Crippen LogP contribution in [0, 0.1) is 0 Å². The lowest BCUT2D eigenvalue weighted by Crippen LogP contribution is -2.33. The largest absolute Gasteiger partial charge is 0.312 e. The predicted molar refractivity (Wildman–Crippen MR) is 93.9 cm³/mol. The molecule has 5 nitrogen and oxygen atoms in total. The summed E-state index contributed by atoms with van der Waals surface area (Å²) in [5.74, 6) is 0.247. The molecule has 1 aromatic heterocycles. The number of amides is 1. The van der Waals surface area contributed by atoms with Crippen molar-refractivity contribution in [3.8, 4) is 0 Å². The Morgan fingerprint density at radius 3 is 3.00 bits per heavy atom. The summed E-state index contributed by atoms with van der Waals surface area (Å²) in [6.45, 7) is 2.73. The summed E-state index contributed by atoms with van der Waals surface area (Å²) in [7, 11) is 1.96. The number of likely N-dealkylation sites (tertiary alicyclic amines) is 1. The Kier molecular flexibility index (Phi) is 4.10. The van der Waals surface area contributed by atoms with Gasteiger partial charge < -0.3 is 4.90 Å². The average Bonchev–Trinajstić information content (AvgIpc) is 3.31. The van der Waals surface area contributed by atoms with E-state index in [1.54, 1.807) is 0 Å². The van der Waals surface area contributed by atoms with E-state index in [-0.39, 0.29) is 5.91 Å². The number of rotatable bonds is 4. The molecule has 2 aliphatic rings. The Morgan fingerprint density at radius 2 is 2.17 bits per heavy atom. The molecule has 24 heavy (non-hydrogen) atoms. The number of nitrogens with zero attached hydrogens (tertiary/aromatic N) is 4. The van der Waals surface area contributed by atoms with Crippen LogP contribution in [0.4, 0.5) is 5.69 Å². The highest BCUT2D eigenvalue weighted by Gasteiger charge is 2.29. The lowest BCUT2D eigenvalue weighted by atomic mass is 10.1. The second kappa shape index (κ2) is 6.40. The highest BCUT2D eigenvalue weighted by Crippen LogP contribution is 2.32. The molecule has 0 aliphatic carbocycles. The number of para-hydroxylation sites is 1. The van der Waals surface area contributed by atoms with Crippen molar-refractivity contribution < 1.29 is 4.79 Å². The van der Waals surface area contributed by atoms with E-state index in [1.165, 1.54) is 17.5 Å². The molecule has 2 aromatic rings. The molecule has 1 atom stereocenters. The quantitative estimate of drug-likeness (QED) is 0.868. The third kappa shape index (κ3) is 2.84. The van der Waals surface area contributed by atoms with Crippen molar-refractivity contribution in [1.29, 1.82) is 0 Å². The van der Waals surface area contributed by atoms with Gasteiger partial charge in [-0.25, -0.2) is 0 Å². The number of anilines is 1. The Labute approximate surface area is 142 Å². The van der Waals surface area contributed by atoms with Gasteiger partial charge in [0.05, 0.1) is 6.20 Å². The first-order valence-corrected chi connectivity index (χ1v) is 8.83. The van der Waals surface area contributed by atoms with E-state index < -0.39 is 0 Å². The van der Waals surface area contributed by atoms with Crippen LogP contribution in [-0.4, -0.2) is 40.2 Å². The minimum Gasteiger partial charge on any atom is -0.312 e. The van der Waals surface area contributed by atoms with E-state index in [2.05, 4.69) is 34.4 Å². The van der Waals surface area contributed by atoms with Crippen molar-refractivity contribution in [2.24, 2.45) is 7.05 Å². The van der Waals surface area contributed by atoms with Gasteiger partial charge in [0.1, 0.15) is 0 Å². The third-order valence-corrected chi connectivity index (χ3v) is 5.27. The van der Waals surface area contributed by atoms with Gasteiger partial charge in [0.15, 0.2) is 0 Å². The predicted octanol–water partition coefficient (Wildman–Crippen LogP) is 2.54. The molecule has 4 rings (SSSR count). The van der Waals surface area contributed by atoms with Crippen molar-refractivity contribution in [2.75, 3.05) is 24.5 Å². The van der Waals surface area contributed by atoms with Gasteiger partial charge in [-0.3, -0.25) is 14.4 Å². The van der Waals surface area contributed by atoms with Crippen LogP contribution in [0.2, 0.25) is 0 Å². The van der Waals surface area contributed by atoms with E-state index in [0.717, 1.165) is 38.2 Å². The average molecular weight is 324 g/mol. The first-order chi connectivity index (χ1) is 11.7. The molecule has 0 spiro atoms. The summed E-state index contributed by atoms with van der Waals surface area (Å²) in [6.07, 6.45) is 7.98. The summed E-state index contributed by atoms with van der Waals surface area (Å²) in [5, 5.41) is 4.29. The molecule has 0 bridgehead atoms. The van der Waals surface area contributed by atoms with Crippen molar-refractivity contribution in [3.63, 3.8) is 0 Å². The SMILES string of the molecule is Cn1cc([C@@H]2CCCN2CCC(=O)N2CCc3ccccc32)cn1. The molecular weight excluding hydrogens is 300 g/mol. The minimum atomic E-state index is 0.247. The Morgan fingerprint density at radius 1 is 1.29 bits per heavy atom. The van der Waals surface area contributed by atoms with Crippen LogP contribution in [0.1, 0.15) is 36.4 Å². The van der Waals surface area contributed by atoms with Crippen molar-refractivity contribution >= 4 is 11.6 Å². The van der Waals surface area contributed by atoms with Crippen LogP contribution >= 0.6 is 0 Å². The molecule has 2 aliphatic heterocycles. The molecule has 0 unspecified atom stereocenters. The van der Waals surface area contributed by atoms with E-state index in [9.17, 15) is 4.79 Å². The van der Waals surface area contributed by atoms with Crippen molar-refractivity contribution in [1.82, 2.24) is 14.7 Å². The van der Waals surface area contributed by atoms with Gasteiger partial charge in [0.25, 0.3) is 0 Å². The zero-order chi connectivity index (χ0) is 16.5. The molecular formula is C19H24N4O. The van der Waals surface area contributed by atoms with E-state index in [1.807, 2.05) is 28.9 Å². The van der Waals surface area contributed by atoms with Gasteiger partial charge in [0.2, 0.25) is 5.91 Å². The van der Waals surface area contributed by atoms with Crippen LogP contribution in [-0.2, 0) is 18.3 Å². The number of carbonyl (C=O) groups is 1. The lowest BCUT2D eigenvalue weighted by molar-refractivity contribution is -0.118. The highest BCUT2D eigenvalue weighted by molar-refractivity contribution is 5.95. The van der Waals surface area contributed by atoms with Gasteiger partial charge in [0, 0.05) is 50.0 Å². The second-order valence-electron chi connectivity index (χ2n) is 6.82. The van der Waals surface area contributed by atoms with Crippen LogP contribution in [0.5, 0.6) is 0 Å². The Bertz CT molecular complexity index is 738. The zero-order valence-electron chi connectivity index (χ0n) is 14.2. The van der Waals surface area contributed by atoms with Crippen molar-refractivity contribution in [2.45, 2.75) is 31.7 Å². The van der Waals surface area contributed by atoms with Gasteiger partial charge >= 0.3 is 0 Å². The number of benzene rings is 1. The van der Waals surface area contributed by atoms with Crippen LogP contribution < -0.4 is 4.90 Å². The molecule has 126 valence electrons. The van der Waals surface area contributed by atoms with Crippen LogP contribution in [0.25, 0.3) is 0 Å². The number of aromatic nitrogens is 2. The molecule has 1 fully saturated rings. The van der Waals surface area contributed by atoms with Gasteiger partial charge in [-0.15, -0.1) is 0 Å². The number of aryl methyl sites for hydroxylation is 1. The van der Waals surface area contributed by atoms with Gasteiger partial charge in [-0.05, 0) is 37.4 Å². The maximum Gasteiger partial charge on any atom is 0.228 e. The smallest absolute Gasteiger partial charge is 0.228 e. The summed E-state index contributed by atoms with van der Waals surface area (Å²) < 4.78 is 1.86. The third-order valence-electron chi connectivity index (χ3n) is 5.27. The minimum absolute atomic E-state index is 0.247. The molecule has 1 amide bonds. The first-order valence-electron chi connectivity index (χ1n) is 8.83. The summed E-state index contributed by atoms with van der Waals surface area (Å²) >= 11 is 0. The van der Waals surface area contributed by atoms with Gasteiger partial charge in [-0.2, -0.15) is 5.10 Å². The monoisotopic (exact) mass is 324 g/mol. The van der Waals surface area contributed by atoms with E-state index >= 15 is 0 Å². The molecule has 0 saturated carbocycles. The molecule has 1 saturated heterocycles. The van der Waals surface area contributed by atoms with Crippen LogP contribution in [0.15, 0.2) is 36.7 Å². The Balaban J connectivity index is 1.39. The summed E-state index contributed by atoms with van der Waals surface area (Å²) in [6, 6.07) is 8.67. The molecule has 3 heterocycles. The fourth-order valence-corrected chi connectivity index (χ4v) is 4.05. The van der Waals surface area contributed by atoms with Gasteiger partial charge in [-0.1, -0.05) is 18.2 Å². The molecule has 5 heteroatoms. The van der Waals surface area contributed by atoms with Crippen molar-refractivity contribution in [3.05, 3.63) is 47.8 Å². The lowest BCUT2D eigenvalue weighted by Gasteiger charge is -2.25. The summed E-state index contributed by atoms with van der Waals surface area (Å²) in [4.78, 5) is 17.1. The zero-order valence-corrected chi connectivity index (χ0v) is 14.2. The second-order valence-corrected chi connectivity index (χ2v) is 6.82. The molecule has 1 aromatic carbocycles. The van der Waals surface area contributed by atoms with E-state index in [0.29, 0.717) is 12.5 Å². The molecule has 0 N–H and O–H groups in total. The normalized spacial score (nSPS) is 20.5. The number of hydrogen-bond acceptors (Lipinski definition) is 3. The highest BCUT2D eigenvalue weighted by atomic mass is 16.2. The summed E-state index contributed by atoms with van der Waals surface area (Å²) in [5.41, 5.74) is 3.67. The first kappa shape index (κ1) is 15.4. The fraction of sp³-hybridized carbons (Fsp3) is 0.474. The van der Waals surface area contributed by atoms with E-state index in [4.69, 9.17) is 0 Å². The Hall–Kier alpha value is -2.14. The topological polar surface area (TPSA) is 41.4 Å². The fourth-order valence-electron chi connectivity index (χ4n) is 4.05. The maximum atomic E-state index is 12.7. The molecule has 0 radical (unpaired) electrons. The number of hydrogen-bond donors (Lipinski definition) is 0. The number of fused-ring (bicyclic) bond motifs is 1. The van der Waals surface area contributed by atoms with Crippen LogP contribution in [0.3, 0.4) is 0 Å².